The second-order valence-electron chi connectivity index (χ2n) is 6.87. The summed E-state index contributed by atoms with van der Waals surface area (Å²) in [4.78, 5) is 26.5. The molecule has 0 spiro atoms. The lowest BCUT2D eigenvalue weighted by molar-refractivity contribution is -0.129. The monoisotopic (exact) mass is 374 g/mol. The van der Waals surface area contributed by atoms with Crippen molar-refractivity contribution < 1.29 is 9.59 Å². The van der Waals surface area contributed by atoms with Gasteiger partial charge in [-0.2, -0.15) is 0 Å². The zero-order valence-electron chi connectivity index (χ0n) is 14.8. The molecule has 2 rings (SSSR count). The van der Waals surface area contributed by atoms with E-state index in [0.717, 1.165) is 11.1 Å². The van der Waals surface area contributed by atoms with Crippen LogP contribution in [0, 0.1) is 0 Å². The molecule has 0 bridgehead atoms. The van der Waals surface area contributed by atoms with E-state index >= 15 is 0 Å². The largest absolute Gasteiger partial charge is 0.350 e. The molecule has 2 amide bonds. The summed E-state index contributed by atoms with van der Waals surface area (Å²) in [5.41, 5.74) is 1.67. The molecule has 6 heteroatoms. The van der Waals surface area contributed by atoms with E-state index in [4.69, 9.17) is 12.2 Å². The first kappa shape index (κ1) is 19.4. The van der Waals surface area contributed by atoms with Gasteiger partial charge in [0.25, 0.3) is 5.91 Å². The smallest absolute Gasteiger partial charge is 0.266 e. The van der Waals surface area contributed by atoms with Crippen LogP contribution < -0.4 is 5.32 Å². The summed E-state index contributed by atoms with van der Waals surface area (Å²) in [5.74, 6) is -0.443. The Balaban J connectivity index is 2.10. The van der Waals surface area contributed by atoms with Crippen LogP contribution in [0.2, 0.25) is 0 Å². The van der Waals surface area contributed by atoms with Crippen molar-refractivity contribution in [1.29, 1.82) is 0 Å². The van der Waals surface area contributed by atoms with Gasteiger partial charge in [0, 0.05) is 5.54 Å². The topological polar surface area (TPSA) is 49.4 Å². The highest BCUT2D eigenvalue weighted by Gasteiger charge is 2.33. The third-order valence-corrected chi connectivity index (χ3v) is 4.62. The van der Waals surface area contributed by atoms with E-state index in [1.54, 1.807) is 0 Å². The van der Waals surface area contributed by atoms with Gasteiger partial charge >= 0.3 is 0 Å². The highest BCUT2D eigenvalue weighted by molar-refractivity contribution is 8.26. The summed E-state index contributed by atoms with van der Waals surface area (Å²) in [6, 6.07) is 9.89. The lowest BCUT2D eigenvalue weighted by Gasteiger charge is -2.22. The molecule has 4 nitrogen and oxygen atoms in total. The number of thioether (sulfide) groups is 1. The highest BCUT2D eigenvalue weighted by Crippen LogP contribution is 2.31. The molecule has 1 N–H and O–H groups in total. The van der Waals surface area contributed by atoms with Gasteiger partial charge in [-0.15, -0.1) is 0 Å². The number of rotatable bonds is 4. The zero-order chi connectivity index (χ0) is 18.6. The van der Waals surface area contributed by atoms with Crippen LogP contribution in [0.25, 0.3) is 6.08 Å². The van der Waals surface area contributed by atoms with Crippen LogP contribution in [-0.2, 0) is 9.59 Å². The third kappa shape index (κ3) is 5.83. The molecule has 1 aliphatic rings. The number of amides is 2. The van der Waals surface area contributed by atoms with Crippen molar-refractivity contribution in [2.24, 2.45) is 0 Å². The van der Waals surface area contributed by atoms with Gasteiger partial charge < -0.3 is 5.32 Å². The summed E-state index contributed by atoms with van der Waals surface area (Å²) in [7, 11) is 0. The normalized spacial score (nSPS) is 17.4. The van der Waals surface area contributed by atoms with Crippen molar-refractivity contribution in [3.63, 3.8) is 0 Å². The number of allylic oxidation sites excluding steroid dienone is 2. The SMILES string of the molecule is CC(=C\c1ccccc1)/C=C1/SC(=S)N(CC(=O)NC(C)(C)C)C1=O. The minimum absolute atomic E-state index is 0.0548. The summed E-state index contributed by atoms with van der Waals surface area (Å²) >= 11 is 6.49. The first-order valence-corrected chi connectivity index (χ1v) is 9.18. The van der Waals surface area contributed by atoms with E-state index < -0.39 is 0 Å². The van der Waals surface area contributed by atoms with E-state index in [0.29, 0.717) is 9.23 Å². The van der Waals surface area contributed by atoms with Gasteiger partial charge in [-0.3, -0.25) is 14.5 Å². The van der Waals surface area contributed by atoms with Gasteiger partial charge in [0.1, 0.15) is 10.9 Å². The van der Waals surface area contributed by atoms with Crippen LogP contribution in [0.3, 0.4) is 0 Å². The van der Waals surface area contributed by atoms with Crippen LogP contribution >= 0.6 is 24.0 Å². The fourth-order valence-corrected chi connectivity index (χ4v) is 3.60. The molecule has 1 aromatic carbocycles. The average molecular weight is 375 g/mol. The quantitative estimate of drug-likeness (QED) is 0.644. The fourth-order valence-electron chi connectivity index (χ4n) is 2.30. The van der Waals surface area contributed by atoms with E-state index in [1.807, 2.05) is 70.2 Å². The molecule has 1 heterocycles. The number of carbonyl (C=O) groups excluding carboxylic acids is 2. The summed E-state index contributed by atoms with van der Waals surface area (Å²) < 4.78 is 0.410. The van der Waals surface area contributed by atoms with Crippen molar-refractivity contribution in [1.82, 2.24) is 10.2 Å². The lowest BCUT2D eigenvalue weighted by atomic mass is 10.1. The Morgan fingerprint density at radius 2 is 1.92 bits per heavy atom. The maximum absolute atomic E-state index is 12.5. The van der Waals surface area contributed by atoms with Gasteiger partial charge in [0.15, 0.2) is 0 Å². The molecule has 25 heavy (non-hydrogen) atoms. The molecule has 0 radical (unpaired) electrons. The van der Waals surface area contributed by atoms with Gasteiger partial charge in [-0.05, 0) is 44.9 Å². The Labute approximate surface area is 158 Å². The van der Waals surface area contributed by atoms with E-state index in [2.05, 4.69) is 5.32 Å². The molecule has 0 saturated carbocycles. The van der Waals surface area contributed by atoms with Crippen LogP contribution in [0.5, 0.6) is 0 Å². The Kier molecular flexibility index (Phi) is 6.19. The van der Waals surface area contributed by atoms with Crippen molar-refractivity contribution in [2.45, 2.75) is 33.2 Å². The Bertz CT molecular complexity index is 746. The van der Waals surface area contributed by atoms with E-state index in [1.165, 1.54) is 16.7 Å². The van der Waals surface area contributed by atoms with E-state index in [-0.39, 0.29) is 23.9 Å². The van der Waals surface area contributed by atoms with Crippen molar-refractivity contribution >= 4 is 46.2 Å². The molecule has 0 aliphatic carbocycles. The van der Waals surface area contributed by atoms with Gasteiger partial charge in [-0.25, -0.2) is 0 Å². The van der Waals surface area contributed by atoms with Crippen LogP contribution in [0.4, 0.5) is 0 Å². The number of thiocarbonyl (C=S) groups is 1. The van der Waals surface area contributed by atoms with Gasteiger partial charge in [0.05, 0.1) is 4.91 Å². The molecule has 1 saturated heterocycles. The number of benzene rings is 1. The predicted molar refractivity (Wildman–Crippen MR) is 108 cm³/mol. The number of hydrogen-bond donors (Lipinski definition) is 1. The molecule has 1 aliphatic heterocycles. The van der Waals surface area contributed by atoms with Crippen LogP contribution in [0.1, 0.15) is 33.3 Å². The average Bonchev–Trinajstić information content (AvgIpc) is 2.74. The molecule has 132 valence electrons. The number of hydrogen-bond acceptors (Lipinski definition) is 4. The maximum Gasteiger partial charge on any atom is 0.266 e. The molecule has 0 unspecified atom stereocenters. The highest BCUT2D eigenvalue weighted by atomic mass is 32.2. The van der Waals surface area contributed by atoms with Crippen molar-refractivity contribution in [3.05, 3.63) is 52.4 Å². The summed E-state index contributed by atoms with van der Waals surface area (Å²) in [6.07, 6.45) is 3.81. The fraction of sp³-hybridized carbons (Fsp3) is 0.316. The first-order valence-electron chi connectivity index (χ1n) is 7.95. The molecular weight excluding hydrogens is 352 g/mol. The predicted octanol–water partition coefficient (Wildman–Crippen LogP) is 3.75. The number of nitrogens with one attached hydrogen (secondary N) is 1. The van der Waals surface area contributed by atoms with Gasteiger partial charge in [0.2, 0.25) is 5.91 Å². The minimum atomic E-state index is -0.345. The van der Waals surface area contributed by atoms with Crippen LogP contribution in [0.15, 0.2) is 46.9 Å². The molecule has 0 atom stereocenters. The summed E-state index contributed by atoms with van der Waals surface area (Å²) in [5, 5.41) is 2.84. The van der Waals surface area contributed by atoms with Crippen molar-refractivity contribution in [3.8, 4) is 0 Å². The van der Waals surface area contributed by atoms with Crippen LogP contribution in [-0.4, -0.2) is 33.1 Å². The maximum atomic E-state index is 12.5. The zero-order valence-corrected chi connectivity index (χ0v) is 16.5. The Hall–Kier alpha value is -1.92. The second kappa shape index (κ2) is 7.97. The van der Waals surface area contributed by atoms with Crippen molar-refractivity contribution in [2.75, 3.05) is 6.54 Å². The second-order valence-corrected chi connectivity index (χ2v) is 8.54. The Morgan fingerprint density at radius 1 is 1.28 bits per heavy atom. The molecule has 1 aromatic rings. The first-order chi connectivity index (χ1) is 11.7. The molecule has 0 aromatic heterocycles. The van der Waals surface area contributed by atoms with Gasteiger partial charge in [-0.1, -0.05) is 60.4 Å². The minimum Gasteiger partial charge on any atom is -0.350 e. The standard InChI is InChI=1S/C19H22N2O2S2/c1-13(10-14-8-6-5-7-9-14)11-15-17(23)21(18(24)25-15)12-16(22)20-19(2,3)4/h5-11H,12H2,1-4H3,(H,20,22)/b13-10+,15-11+. The number of carbonyl (C=O) groups is 2. The number of nitrogens with zero attached hydrogens (tertiary/aromatic N) is 1. The molecule has 1 fully saturated rings. The molecular formula is C19H22N2O2S2. The van der Waals surface area contributed by atoms with E-state index in [9.17, 15) is 9.59 Å². The summed E-state index contributed by atoms with van der Waals surface area (Å²) in [6.45, 7) is 7.57. The third-order valence-electron chi connectivity index (χ3n) is 3.24. The Morgan fingerprint density at radius 3 is 2.52 bits per heavy atom. The lowest BCUT2D eigenvalue weighted by Crippen LogP contribution is -2.46.